The average molecular weight is 311 g/mol. The van der Waals surface area contributed by atoms with Gasteiger partial charge in [-0.3, -0.25) is 9.78 Å². The molecule has 0 spiro atoms. The van der Waals surface area contributed by atoms with Crippen LogP contribution in [-0.2, 0) is 0 Å². The molecule has 1 aliphatic rings. The molecule has 1 aliphatic heterocycles. The fourth-order valence-corrected chi connectivity index (χ4v) is 2.92. The first-order chi connectivity index (χ1) is 11.1. The Morgan fingerprint density at radius 2 is 1.78 bits per heavy atom. The first-order valence-corrected chi connectivity index (χ1v) is 7.81. The molecule has 3 rings (SSSR count). The van der Waals surface area contributed by atoms with E-state index >= 15 is 0 Å². The number of carbonyl (C=O) groups is 1. The molecule has 1 saturated heterocycles. The SMILES string of the molecule is CC(=O)c1cnc(N2CCN(c3ccncc3C)CC2)nc1C. The van der Waals surface area contributed by atoms with Crippen molar-refractivity contribution in [2.75, 3.05) is 36.0 Å². The number of aromatic nitrogens is 3. The minimum atomic E-state index is 0.00651. The molecule has 23 heavy (non-hydrogen) atoms. The lowest BCUT2D eigenvalue weighted by molar-refractivity contribution is 0.101. The van der Waals surface area contributed by atoms with Gasteiger partial charge >= 0.3 is 0 Å². The molecule has 0 saturated carbocycles. The van der Waals surface area contributed by atoms with Gasteiger partial charge in [0.15, 0.2) is 5.78 Å². The minimum Gasteiger partial charge on any atom is -0.368 e. The number of rotatable bonds is 3. The summed E-state index contributed by atoms with van der Waals surface area (Å²) in [6.07, 6.45) is 5.37. The molecule has 0 amide bonds. The lowest BCUT2D eigenvalue weighted by atomic mass is 10.2. The Balaban J connectivity index is 1.71. The van der Waals surface area contributed by atoms with Gasteiger partial charge in [0.2, 0.25) is 5.95 Å². The van der Waals surface area contributed by atoms with Crippen LogP contribution in [0, 0.1) is 13.8 Å². The van der Waals surface area contributed by atoms with E-state index in [0.717, 1.165) is 31.9 Å². The second kappa shape index (κ2) is 6.32. The number of hydrogen-bond donors (Lipinski definition) is 0. The molecule has 0 aromatic carbocycles. The second-order valence-electron chi connectivity index (χ2n) is 5.86. The van der Waals surface area contributed by atoms with Gasteiger partial charge in [-0.2, -0.15) is 0 Å². The van der Waals surface area contributed by atoms with Crippen molar-refractivity contribution in [1.82, 2.24) is 15.0 Å². The van der Waals surface area contributed by atoms with Crippen molar-refractivity contribution in [2.45, 2.75) is 20.8 Å². The normalized spacial score (nSPS) is 14.9. The predicted octanol–water partition coefficient (Wildman–Crippen LogP) is 2.02. The number of pyridine rings is 1. The van der Waals surface area contributed by atoms with Crippen LogP contribution < -0.4 is 9.80 Å². The van der Waals surface area contributed by atoms with E-state index in [0.29, 0.717) is 11.5 Å². The molecule has 2 aromatic rings. The lowest BCUT2D eigenvalue weighted by Gasteiger charge is -2.36. The van der Waals surface area contributed by atoms with Crippen molar-refractivity contribution in [3.05, 3.63) is 41.5 Å². The summed E-state index contributed by atoms with van der Waals surface area (Å²) in [5.41, 5.74) is 3.78. The number of anilines is 2. The first-order valence-electron chi connectivity index (χ1n) is 7.81. The first kappa shape index (κ1) is 15.4. The third-order valence-electron chi connectivity index (χ3n) is 4.24. The number of nitrogens with zero attached hydrogens (tertiary/aromatic N) is 5. The molecule has 0 N–H and O–H groups in total. The predicted molar refractivity (Wildman–Crippen MR) is 90.2 cm³/mol. The lowest BCUT2D eigenvalue weighted by Crippen LogP contribution is -2.47. The van der Waals surface area contributed by atoms with Crippen LogP contribution in [0.3, 0.4) is 0 Å². The van der Waals surface area contributed by atoms with E-state index in [2.05, 4.69) is 37.7 Å². The van der Waals surface area contributed by atoms with Crippen LogP contribution in [0.4, 0.5) is 11.6 Å². The monoisotopic (exact) mass is 311 g/mol. The van der Waals surface area contributed by atoms with Crippen molar-refractivity contribution < 1.29 is 4.79 Å². The molecule has 1 fully saturated rings. The Morgan fingerprint density at radius 1 is 1.09 bits per heavy atom. The summed E-state index contributed by atoms with van der Waals surface area (Å²) in [4.78, 5) is 29.0. The van der Waals surface area contributed by atoms with Crippen molar-refractivity contribution in [1.29, 1.82) is 0 Å². The molecule has 0 unspecified atom stereocenters. The zero-order chi connectivity index (χ0) is 16.4. The van der Waals surface area contributed by atoms with E-state index in [1.54, 1.807) is 13.1 Å². The van der Waals surface area contributed by atoms with E-state index in [1.165, 1.54) is 11.3 Å². The number of Topliss-reactive ketones (excluding diaryl/α,β-unsaturated/α-hetero) is 1. The summed E-state index contributed by atoms with van der Waals surface area (Å²) in [6, 6.07) is 2.06. The van der Waals surface area contributed by atoms with Gasteiger partial charge in [-0.1, -0.05) is 0 Å². The summed E-state index contributed by atoms with van der Waals surface area (Å²) in [5.74, 6) is 0.714. The molecule has 6 heteroatoms. The topological polar surface area (TPSA) is 62.2 Å². The van der Waals surface area contributed by atoms with Gasteiger partial charge in [0, 0.05) is 50.5 Å². The number of piperazine rings is 1. The molecule has 2 aromatic heterocycles. The highest BCUT2D eigenvalue weighted by molar-refractivity contribution is 5.94. The fourth-order valence-electron chi connectivity index (χ4n) is 2.92. The third-order valence-corrected chi connectivity index (χ3v) is 4.24. The van der Waals surface area contributed by atoms with Crippen LogP contribution in [0.25, 0.3) is 0 Å². The van der Waals surface area contributed by atoms with E-state index in [9.17, 15) is 4.79 Å². The van der Waals surface area contributed by atoms with Crippen molar-refractivity contribution in [2.24, 2.45) is 0 Å². The largest absolute Gasteiger partial charge is 0.368 e. The number of carbonyl (C=O) groups excluding carboxylic acids is 1. The van der Waals surface area contributed by atoms with E-state index in [4.69, 9.17) is 0 Å². The third kappa shape index (κ3) is 3.16. The van der Waals surface area contributed by atoms with Crippen molar-refractivity contribution >= 4 is 17.4 Å². The maximum absolute atomic E-state index is 11.5. The zero-order valence-corrected chi connectivity index (χ0v) is 13.8. The van der Waals surface area contributed by atoms with Crippen LogP contribution in [0.2, 0.25) is 0 Å². The molecule has 0 atom stereocenters. The van der Waals surface area contributed by atoms with E-state index < -0.39 is 0 Å². The van der Waals surface area contributed by atoms with E-state index in [-0.39, 0.29) is 5.78 Å². The molecular weight excluding hydrogens is 290 g/mol. The fraction of sp³-hybridized carbons (Fsp3) is 0.412. The van der Waals surface area contributed by atoms with E-state index in [1.807, 2.05) is 19.3 Å². The summed E-state index contributed by atoms with van der Waals surface area (Å²) >= 11 is 0. The summed E-state index contributed by atoms with van der Waals surface area (Å²) in [6.45, 7) is 9.05. The van der Waals surface area contributed by atoms with Gasteiger partial charge in [-0.15, -0.1) is 0 Å². The molecular formula is C17H21N5O. The summed E-state index contributed by atoms with van der Waals surface area (Å²) in [5, 5.41) is 0. The van der Waals surface area contributed by atoms with Crippen LogP contribution in [0.5, 0.6) is 0 Å². The molecule has 0 bridgehead atoms. The Bertz CT molecular complexity index is 723. The Kier molecular flexibility index (Phi) is 4.23. The molecule has 6 nitrogen and oxygen atoms in total. The van der Waals surface area contributed by atoms with Crippen LogP contribution in [-0.4, -0.2) is 46.9 Å². The van der Waals surface area contributed by atoms with Crippen LogP contribution in [0.1, 0.15) is 28.5 Å². The standard InChI is InChI=1S/C17H21N5O/c1-12-10-18-5-4-16(12)21-6-8-22(9-7-21)17-19-11-15(14(3)23)13(2)20-17/h4-5,10-11H,6-9H2,1-3H3. The molecule has 120 valence electrons. The van der Waals surface area contributed by atoms with Crippen LogP contribution in [0.15, 0.2) is 24.7 Å². The Labute approximate surface area is 136 Å². The summed E-state index contributed by atoms with van der Waals surface area (Å²) < 4.78 is 0. The van der Waals surface area contributed by atoms with Crippen molar-refractivity contribution in [3.63, 3.8) is 0 Å². The van der Waals surface area contributed by atoms with Gasteiger partial charge < -0.3 is 9.80 Å². The highest BCUT2D eigenvalue weighted by atomic mass is 16.1. The Morgan fingerprint density at radius 3 is 2.39 bits per heavy atom. The molecule has 0 radical (unpaired) electrons. The van der Waals surface area contributed by atoms with Gasteiger partial charge in [-0.05, 0) is 32.4 Å². The Hall–Kier alpha value is -2.50. The maximum Gasteiger partial charge on any atom is 0.225 e. The van der Waals surface area contributed by atoms with Gasteiger partial charge in [0.25, 0.3) is 0 Å². The van der Waals surface area contributed by atoms with Crippen LogP contribution >= 0.6 is 0 Å². The van der Waals surface area contributed by atoms with Gasteiger partial charge in [0.05, 0.1) is 11.3 Å². The average Bonchev–Trinajstić information content (AvgIpc) is 2.55. The zero-order valence-electron chi connectivity index (χ0n) is 13.8. The number of aryl methyl sites for hydroxylation is 2. The maximum atomic E-state index is 11.5. The number of ketones is 1. The summed E-state index contributed by atoms with van der Waals surface area (Å²) in [7, 11) is 0. The minimum absolute atomic E-state index is 0.00651. The smallest absolute Gasteiger partial charge is 0.225 e. The van der Waals surface area contributed by atoms with Gasteiger partial charge in [0.1, 0.15) is 0 Å². The molecule has 3 heterocycles. The number of hydrogen-bond acceptors (Lipinski definition) is 6. The highest BCUT2D eigenvalue weighted by Crippen LogP contribution is 2.21. The second-order valence-corrected chi connectivity index (χ2v) is 5.86. The quantitative estimate of drug-likeness (QED) is 0.808. The van der Waals surface area contributed by atoms with Crippen molar-refractivity contribution in [3.8, 4) is 0 Å². The molecule has 0 aliphatic carbocycles. The highest BCUT2D eigenvalue weighted by Gasteiger charge is 2.21. The van der Waals surface area contributed by atoms with Gasteiger partial charge in [-0.25, -0.2) is 9.97 Å².